The number of fused-ring (bicyclic) bond motifs is 1. The van der Waals surface area contributed by atoms with Gasteiger partial charge in [0, 0.05) is 20.1 Å². The minimum atomic E-state index is 0.207. The van der Waals surface area contributed by atoms with Gasteiger partial charge in [0.25, 0.3) is 0 Å². The first-order valence-electron chi connectivity index (χ1n) is 12.4. The number of nitrogens with zero attached hydrogens (tertiary/aromatic N) is 1. The van der Waals surface area contributed by atoms with E-state index in [9.17, 15) is 4.79 Å². The van der Waals surface area contributed by atoms with Crippen LogP contribution in [-0.2, 0) is 24.0 Å². The van der Waals surface area contributed by atoms with E-state index < -0.39 is 0 Å². The molecule has 2 heterocycles. The Kier molecular flexibility index (Phi) is 8.40. The molecule has 1 saturated heterocycles. The van der Waals surface area contributed by atoms with Crippen LogP contribution in [-0.4, -0.2) is 57.2 Å². The van der Waals surface area contributed by atoms with Crippen molar-refractivity contribution in [2.75, 3.05) is 46.6 Å². The number of hydrogen-bond donors (Lipinski definition) is 0. The van der Waals surface area contributed by atoms with Gasteiger partial charge in [-0.3, -0.25) is 4.79 Å². The zero-order valence-electron chi connectivity index (χ0n) is 20.1. The topological polar surface area (TPSA) is 48.0 Å². The van der Waals surface area contributed by atoms with Crippen molar-refractivity contribution in [1.82, 2.24) is 4.90 Å². The van der Waals surface area contributed by atoms with Crippen molar-refractivity contribution in [1.29, 1.82) is 0 Å². The van der Waals surface area contributed by atoms with Crippen LogP contribution in [0, 0.1) is 5.92 Å². The second kappa shape index (κ2) is 11.7. The smallest absolute Gasteiger partial charge is 0.170 e. The molecular weight excluding hydrogens is 414 g/mol. The summed E-state index contributed by atoms with van der Waals surface area (Å²) in [5, 5.41) is 0. The van der Waals surface area contributed by atoms with Gasteiger partial charge in [-0.15, -0.1) is 0 Å². The van der Waals surface area contributed by atoms with Gasteiger partial charge in [-0.25, -0.2) is 0 Å². The fraction of sp³-hybridized carbons (Fsp3) is 0.536. The van der Waals surface area contributed by atoms with Gasteiger partial charge in [0.15, 0.2) is 5.78 Å². The van der Waals surface area contributed by atoms with Crippen LogP contribution in [0.1, 0.15) is 53.2 Å². The second-order valence-corrected chi connectivity index (χ2v) is 9.23. The maximum Gasteiger partial charge on any atom is 0.170 e. The van der Waals surface area contributed by atoms with Gasteiger partial charge < -0.3 is 19.1 Å². The summed E-state index contributed by atoms with van der Waals surface area (Å²) in [7, 11) is 1.70. The summed E-state index contributed by atoms with van der Waals surface area (Å²) in [6.45, 7) is 7.21. The third kappa shape index (κ3) is 6.36. The number of hydrogen-bond acceptors (Lipinski definition) is 5. The summed E-state index contributed by atoms with van der Waals surface area (Å²) < 4.78 is 16.7. The van der Waals surface area contributed by atoms with Gasteiger partial charge in [0.1, 0.15) is 18.1 Å². The first-order valence-corrected chi connectivity index (χ1v) is 12.4. The Morgan fingerprint density at radius 3 is 2.67 bits per heavy atom. The number of carbonyl (C=O) groups excluding carboxylic acids is 1. The third-order valence-electron chi connectivity index (χ3n) is 6.94. The largest absolute Gasteiger partial charge is 0.492 e. The van der Waals surface area contributed by atoms with E-state index in [2.05, 4.69) is 36.1 Å². The Labute approximate surface area is 198 Å². The van der Waals surface area contributed by atoms with Crippen molar-refractivity contribution < 1.29 is 19.0 Å². The van der Waals surface area contributed by atoms with E-state index in [4.69, 9.17) is 14.2 Å². The maximum atomic E-state index is 12.1. The average molecular weight is 452 g/mol. The molecule has 2 aliphatic rings. The highest BCUT2D eigenvalue weighted by molar-refractivity contribution is 5.99. The SMILES string of the molecule is CCc1ccc(CC2CCN(CCc3ccc4c(c3)C(=O)CCO4)CC2)cc1OCCOC. The van der Waals surface area contributed by atoms with Crippen LogP contribution < -0.4 is 9.47 Å². The first kappa shape index (κ1) is 23.8. The van der Waals surface area contributed by atoms with Crippen molar-refractivity contribution in [3.63, 3.8) is 0 Å². The first-order chi connectivity index (χ1) is 16.2. The molecule has 0 unspecified atom stereocenters. The van der Waals surface area contributed by atoms with E-state index in [0.29, 0.717) is 26.2 Å². The van der Waals surface area contributed by atoms with Gasteiger partial charge in [0.05, 0.1) is 18.8 Å². The van der Waals surface area contributed by atoms with Crippen molar-refractivity contribution >= 4 is 5.78 Å². The molecule has 2 aromatic rings. The summed E-state index contributed by atoms with van der Waals surface area (Å²) in [6, 6.07) is 12.8. The monoisotopic (exact) mass is 451 g/mol. The fourth-order valence-electron chi connectivity index (χ4n) is 4.89. The molecule has 0 aliphatic carbocycles. The molecule has 0 atom stereocenters. The lowest BCUT2D eigenvalue weighted by atomic mass is 9.89. The van der Waals surface area contributed by atoms with Gasteiger partial charge in [-0.2, -0.15) is 0 Å². The number of ketones is 1. The highest BCUT2D eigenvalue weighted by atomic mass is 16.5. The van der Waals surface area contributed by atoms with Gasteiger partial charge in [-0.1, -0.05) is 25.1 Å². The number of methoxy groups -OCH3 is 1. The number of rotatable bonds is 10. The molecule has 2 aromatic carbocycles. The third-order valence-corrected chi connectivity index (χ3v) is 6.94. The Hall–Kier alpha value is -2.37. The van der Waals surface area contributed by atoms with E-state index in [1.807, 2.05) is 12.1 Å². The summed E-state index contributed by atoms with van der Waals surface area (Å²) in [5.41, 5.74) is 4.63. The molecule has 5 nitrogen and oxygen atoms in total. The summed E-state index contributed by atoms with van der Waals surface area (Å²) in [4.78, 5) is 14.7. The molecule has 0 spiro atoms. The quantitative estimate of drug-likeness (QED) is 0.489. The van der Waals surface area contributed by atoms with E-state index in [-0.39, 0.29) is 5.78 Å². The van der Waals surface area contributed by atoms with Crippen LogP contribution >= 0.6 is 0 Å². The molecule has 2 aliphatic heterocycles. The fourth-order valence-corrected chi connectivity index (χ4v) is 4.89. The van der Waals surface area contributed by atoms with E-state index in [1.54, 1.807) is 7.11 Å². The van der Waals surface area contributed by atoms with Crippen LogP contribution in [0.3, 0.4) is 0 Å². The molecule has 1 fully saturated rings. The Bertz CT molecular complexity index is 933. The zero-order valence-corrected chi connectivity index (χ0v) is 20.1. The Balaban J connectivity index is 1.25. The summed E-state index contributed by atoms with van der Waals surface area (Å²) in [5.74, 6) is 2.69. The summed E-state index contributed by atoms with van der Waals surface area (Å²) >= 11 is 0. The number of likely N-dealkylation sites (tertiary alicyclic amines) is 1. The van der Waals surface area contributed by atoms with Crippen molar-refractivity contribution in [2.24, 2.45) is 5.92 Å². The Morgan fingerprint density at radius 2 is 1.88 bits per heavy atom. The lowest BCUT2D eigenvalue weighted by molar-refractivity contribution is 0.0933. The number of aryl methyl sites for hydroxylation is 1. The van der Waals surface area contributed by atoms with Gasteiger partial charge in [0.2, 0.25) is 0 Å². The normalized spacial score (nSPS) is 17.0. The summed E-state index contributed by atoms with van der Waals surface area (Å²) in [6.07, 6.45) is 6.02. The standard InChI is InChI=1S/C28H37NO4/c1-3-24-6-4-23(20-28(24)33-17-16-31-2)18-22-9-13-29(14-10-22)12-8-21-5-7-27-25(19-21)26(30)11-15-32-27/h4-7,19-20,22H,3,8-18H2,1-2H3. The number of carbonyl (C=O) groups is 1. The lowest BCUT2D eigenvalue weighted by Gasteiger charge is -2.32. The molecule has 5 heteroatoms. The van der Waals surface area contributed by atoms with Gasteiger partial charge >= 0.3 is 0 Å². The second-order valence-electron chi connectivity index (χ2n) is 9.23. The van der Waals surface area contributed by atoms with Crippen LogP contribution in [0.5, 0.6) is 11.5 Å². The van der Waals surface area contributed by atoms with Crippen LogP contribution in [0.2, 0.25) is 0 Å². The highest BCUT2D eigenvalue weighted by Crippen LogP contribution is 2.28. The molecule has 0 saturated carbocycles. The minimum Gasteiger partial charge on any atom is -0.492 e. The molecular formula is C28H37NO4. The molecule has 0 aromatic heterocycles. The number of Topliss-reactive ketones (excluding diaryl/α,β-unsaturated/α-hetero) is 1. The minimum absolute atomic E-state index is 0.207. The zero-order chi connectivity index (χ0) is 23.0. The van der Waals surface area contributed by atoms with Crippen LogP contribution in [0.15, 0.2) is 36.4 Å². The van der Waals surface area contributed by atoms with Crippen LogP contribution in [0.25, 0.3) is 0 Å². The average Bonchev–Trinajstić information content (AvgIpc) is 2.84. The Morgan fingerprint density at radius 1 is 1.06 bits per heavy atom. The van der Waals surface area contributed by atoms with Crippen molar-refractivity contribution in [3.8, 4) is 11.5 Å². The maximum absolute atomic E-state index is 12.1. The molecule has 4 rings (SSSR count). The number of ether oxygens (including phenoxy) is 3. The number of benzene rings is 2. The number of piperidine rings is 1. The lowest BCUT2D eigenvalue weighted by Crippen LogP contribution is -2.35. The predicted molar refractivity (Wildman–Crippen MR) is 131 cm³/mol. The van der Waals surface area contributed by atoms with Crippen LogP contribution in [0.4, 0.5) is 0 Å². The predicted octanol–water partition coefficient (Wildman–Crippen LogP) is 4.74. The molecule has 0 bridgehead atoms. The van der Waals surface area contributed by atoms with E-state index in [0.717, 1.165) is 61.9 Å². The van der Waals surface area contributed by atoms with Crippen molar-refractivity contribution in [2.45, 2.75) is 45.4 Å². The van der Waals surface area contributed by atoms with Crippen molar-refractivity contribution in [3.05, 3.63) is 58.7 Å². The molecule has 33 heavy (non-hydrogen) atoms. The molecule has 0 radical (unpaired) electrons. The molecule has 0 amide bonds. The highest BCUT2D eigenvalue weighted by Gasteiger charge is 2.21. The molecule has 0 N–H and O–H groups in total. The van der Waals surface area contributed by atoms with Gasteiger partial charge in [-0.05, 0) is 86.0 Å². The van der Waals surface area contributed by atoms with E-state index in [1.165, 1.54) is 29.5 Å². The molecule has 178 valence electrons. The van der Waals surface area contributed by atoms with E-state index >= 15 is 0 Å².